The maximum Gasteiger partial charge on any atom is 0.374 e. The van der Waals surface area contributed by atoms with E-state index in [9.17, 15) is 19.2 Å². The van der Waals surface area contributed by atoms with Crippen LogP contribution in [0.2, 0.25) is 0 Å². The second-order valence-electron chi connectivity index (χ2n) is 8.54. The van der Waals surface area contributed by atoms with Crippen LogP contribution in [0.5, 0.6) is 0 Å². The van der Waals surface area contributed by atoms with Crippen LogP contribution in [0, 0.1) is 5.92 Å². The number of anilines is 1. The summed E-state index contributed by atoms with van der Waals surface area (Å²) >= 11 is 2.51. The monoisotopic (exact) mass is 551 g/mol. The third-order valence-corrected chi connectivity index (χ3v) is 7.24. The summed E-state index contributed by atoms with van der Waals surface area (Å²) in [6, 6.07) is -0.923. The van der Waals surface area contributed by atoms with E-state index in [4.69, 9.17) is 20.0 Å². The molecule has 2 atom stereocenters. The molecule has 14 heteroatoms. The normalized spacial score (nSPS) is 19.8. The molecule has 0 saturated carbocycles. The summed E-state index contributed by atoms with van der Waals surface area (Å²) in [5.74, 6) is -2.49. The van der Waals surface area contributed by atoms with Gasteiger partial charge in [-0.3, -0.25) is 14.5 Å². The second kappa shape index (κ2) is 12.2. The fraction of sp³-hybridized carbons (Fsp3) is 0.478. The van der Waals surface area contributed by atoms with Gasteiger partial charge in [-0.15, -0.1) is 23.1 Å². The van der Waals surface area contributed by atoms with Crippen molar-refractivity contribution in [2.24, 2.45) is 11.1 Å². The first-order valence-electron chi connectivity index (χ1n) is 11.5. The van der Waals surface area contributed by atoms with Crippen LogP contribution in [0.1, 0.15) is 39.8 Å². The summed E-state index contributed by atoms with van der Waals surface area (Å²) in [6.45, 7) is 7.44. The minimum absolute atomic E-state index is 0.0379. The van der Waals surface area contributed by atoms with Gasteiger partial charge in [0.1, 0.15) is 29.9 Å². The molecule has 1 aromatic rings. The number of hydrogen-bond donors (Lipinski definition) is 2. The van der Waals surface area contributed by atoms with E-state index in [2.05, 4.69) is 15.5 Å². The first kappa shape index (κ1) is 28.2. The van der Waals surface area contributed by atoms with Crippen LogP contribution in [-0.2, 0) is 33.5 Å². The Morgan fingerprint density at radius 2 is 2.11 bits per heavy atom. The fourth-order valence-electron chi connectivity index (χ4n) is 3.48. The van der Waals surface area contributed by atoms with Crippen molar-refractivity contribution in [2.45, 2.75) is 45.5 Å². The van der Waals surface area contributed by atoms with Gasteiger partial charge in [-0.1, -0.05) is 25.9 Å². The van der Waals surface area contributed by atoms with E-state index in [1.54, 1.807) is 19.2 Å². The molecule has 2 aliphatic heterocycles. The third kappa shape index (κ3) is 6.31. The number of aromatic nitrogens is 1. The van der Waals surface area contributed by atoms with Crippen LogP contribution in [0.4, 0.5) is 5.13 Å². The molecule has 200 valence electrons. The Morgan fingerprint density at radius 3 is 2.70 bits per heavy atom. The number of fused-ring (bicyclic) bond motifs is 1. The van der Waals surface area contributed by atoms with Crippen molar-refractivity contribution >= 4 is 57.7 Å². The Kier molecular flexibility index (Phi) is 9.32. The van der Waals surface area contributed by atoms with Crippen molar-refractivity contribution in [1.29, 1.82) is 0 Å². The largest absolute Gasteiger partial charge is 0.460 e. The number of thiazole rings is 1. The number of oxime groups is 1. The lowest BCUT2D eigenvalue weighted by Crippen LogP contribution is -2.71. The van der Waals surface area contributed by atoms with Crippen molar-refractivity contribution in [3.8, 4) is 0 Å². The molecule has 0 spiro atoms. The summed E-state index contributed by atoms with van der Waals surface area (Å²) in [6.07, 6.45) is 1.89. The van der Waals surface area contributed by atoms with Gasteiger partial charge in [0.25, 0.3) is 11.8 Å². The molecular formula is C23H29N5O7S2. The van der Waals surface area contributed by atoms with Crippen molar-refractivity contribution in [1.82, 2.24) is 15.2 Å². The number of carbonyl (C=O) groups is 4. The average molecular weight is 552 g/mol. The number of rotatable bonds is 10. The number of allylic oxidation sites excluding steroid dienone is 1. The van der Waals surface area contributed by atoms with Gasteiger partial charge in [-0.05, 0) is 30.9 Å². The molecular weight excluding hydrogens is 522 g/mol. The lowest BCUT2D eigenvalue weighted by Gasteiger charge is -2.49. The van der Waals surface area contributed by atoms with E-state index in [1.807, 2.05) is 13.8 Å². The van der Waals surface area contributed by atoms with E-state index in [0.717, 1.165) is 11.3 Å². The molecule has 3 rings (SSSR count). The standard InChI is InChI=1S/C23H29N5O7S2/c1-6-7-14(21(31)34-8-11(2)3)35-22(32)17-12(4)9-36-20-16(19(30)28(17)20)26-18(29)15(27-33-5)13-10-37-23(24)25-13/h7,10-11,16,20H,6,8-9H2,1-5H3,(H2,24,25)(H,26,29)/b14-7-,27-15-/t16-,20-/m1/s1. The van der Waals surface area contributed by atoms with Gasteiger partial charge in [0, 0.05) is 11.1 Å². The third-order valence-electron chi connectivity index (χ3n) is 5.14. The summed E-state index contributed by atoms with van der Waals surface area (Å²) < 4.78 is 10.6. The minimum Gasteiger partial charge on any atom is -0.460 e. The molecule has 1 fully saturated rings. The van der Waals surface area contributed by atoms with Gasteiger partial charge in [0.05, 0.1) is 6.61 Å². The van der Waals surface area contributed by atoms with E-state index in [-0.39, 0.29) is 40.5 Å². The number of thioether (sulfide) groups is 1. The summed E-state index contributed by atoms with van der Waals surface area (Å²) in [5.41, 5.74) is 6.37. The number of nitrogens with one attached hydrogen (secondary N) is 1. The highest BCUT2D eigenvalue weighted by Gasteiger charge is 2.54. The minimum atomic E-state index is -0.923. The average Bonchev–Trinajstić information content (AvgIpc) is 3.29. The Hall–Kier alpha value is -3.39. The molecule has 1 saturated heterocycles. The van der Waals surface area contributed by atoms with Gasteiger partial charge in [-0.25, -0.2) is 14.6 Å². The zero-order valence-electron chi connectivity index (χ0n) is 21.1. The van der Waals surface area contributed by atoms with Gasteiger partial charge >= 0.3 is 11.9 Å². The predicted molar refractivity (Wildman–Crippen MR) is 138 cm³/mol. The molecule has 3 heterocycles. The van der Waals surface area contributed by atoms with Crippen molar-refractivity contribution in [2.75, 3.05) is 25.2 Å². The van der Waals surface area contributed by atoms with Gasteiger partial charge in [-0.2, -0.15) is 0 Å². The molecule has 2 amide bonds. The molecule has 0 aliphatic carbocycles. The number of nitrogens with zero attached hydrogens (tertiary/aromatic N) is 3. The number of esters is 2. The SMILES string of the molecule is CC/C=C(\OC(=O)C1=C(C)CS[C@@H]2[C@H](NC(=O)/C(=N\OC)c3csc(N)n3)C(=O)N12)C(=O)OCC(C)C. The molecule has 0 unspecified atom stereocenters. The topological polar surface area (TPSA) is 163 Å². The number of carbonyl (C=O) groups excluding carboxylic acids is 4. The number of nitrogens with two attached hydrogens (primary N) is 1. The highest BCUT2D eigenvalue weighted by Crippen LogP contribution is 2.40. The summed E-state index contributed by atoms with van der Waals surface area (Å²) in [7, 11) is 1.28. The molecule has 2 aliphatic rings. The van der Waals surface area contributed by atoms with Crippen LogP contribution in [-0.4, -0.2) is 70.2 Å². The van der Waals surface area contributed by atoms with Crippen LogP contribution < -0.4 is 11.1 Å². The zero-order chi connectivity index (χ0) is 27.3. The Bertz CT molecular complexity index is 1170. The molecule has 37 heavy (non-hydrogen) atoms. The smallest absolute Gasteiger partial charge is 0.374 e. The molecule has 3 N–H and O–H groups in total. The number of ether oxygens (including phenoxy) is 2. The Balaban J connectivity index is 1.73. The fourth-order valence-corrected chi connectivity index (χ4v) is 5.32. The van der Waals surface area contributed by atoms with Crippen LogP contribution in [0.25, 0.3) is 0 Å². The highest BCUT2D eigenvalue weighted by atomic mass is 32.2. The van der Waals surface area contributed by atoms with Gasteiger partial charge in [0.2, 0.25) is 5.76 Å². The molecule has 0 radical (unpaired) electrons. The maximum absolute atomic E-state index is 13.1. The molecule has 12 nitrogen and oxygen atoms in total. The summed E-state index contributed by atoms with van der Waals surface area (Å²) in [5, 5.41) is 7.60. The van der Waals surface area contributed by atoms with Crippen LogP contribution in [0.3, 0.4) is 0 Å². The van der Waals surface area contributed by atoms with Crippen molar-refractivity contribution in [3.05, 3.63) is 34.2 Å². The number of β-lactam (4-membered cyclic amide) rings is 1. The predicted octanol–water partition coefficient (Wildman–Crippen LogP) is 1.79. The number of hydrogen-bond acceptors (Lipinski definition) is 12. The zero-order valence-corrected chi connectivity index (χ0v) is 22.7. The quantitative estimate of drug-likeness (QED) is 0.109. The lowest BCUT2D eigenvalue weighted by atomic mass is 10.0. The first-order chi connectivity index (χ1) is 17.6. The molecule has 0 aromatic carbocycles. The van der Waals surface area contributed by atoms with Crippen LogP contribution in [0.15, 0.2) is 33.6 Å². The maximum atomic E-state index is 13.1. The van der Waals surface area contributed by atoms with E-state index in [1.165, 1.54) is 29.8 Å². The first-order valence-corrected chi connectivity index (χ1v) is 13.4. The van der Waals surface area contributed by atoms with Crippen molar-refractivity contribution < 1.29 is 33.5 Å². The Labute approximate surface area is 222 Å². The van der Waals surface area contributed by atoms with Gasteiger partial charge in [0.15, 0.2) is 10.8 Å². The van der Waals surface area contributed by atoms with Crippen LogP contribution >= 0.6 is 23.1 Å². The lowest BCUT2D eigenvalue weighted by molar-refractivity contribution is -0.154. The molecule has 1 aromatic heterocycles. The van der Waals surface area contributed by atoms with Crippen molar-refractivity contribution in [3.63, 3.8) is 0 Å². The van der Waals surface area contributed by atoms with Gasteiger partial charge < -0.3 is 25.4 Å². The second-order valence-corrected chi connectivity index (χ2v) is 10.5. The summed E-state index contributed by atoms with van der Waals surface area (Å²) in [4.78, 5) is 61.6. The highest BCUT2D eigenvalue weighted by molar-refractivity contribution is 8.00. The number of nitrogen functional groups attached to an aromatic ring is 1. The number of amides is 2. The van der Waals surface area contributed by atoms with E-state index >= 15 is 0 Å². The van der Waals surface area contributed by atoms with E-state index in [0.29, 0.717) is 17.7 Å². The van der Waals surface area contributed by atoms with E-state index < -0.39 is 35.2 Å². The molecule has 0 bridgehead atoms. The Morgan fingerprint density at radius 1 is 1.38 bits per heavy atom.